The van der Waals surface area contributed by atoms with Crippen LogP contribution in [-0.2, 0) is 28.6 Å². The van der Waals surface area contributed by atoms with E-state index in [9.17, 15) is 14.4 Å². The molecule has 0 aliphatic heterocycles. The van der Waals surface area contributed by atoms with Gasteiger partial charge in [-0.3, -0.25) is 14.4 Å². The predicted molar refractivity (Wildman–Crippen MR) is 260 cm³/mol. The van der Waals surface area contributed by atoms with Crippen molar-refractivity contribution in [1.82, 2.24) is 0 Å². The first-order chi connectivity index (χ1) is 30.0. The van der Waals surface area contributed by atoms with Crippen molar-refractivity contribution in [3.63, 3.8) is 0 Å². The molecule has 0 saturated heterocycles. The Balaban J connectivity index is 4.55. The lowest BCUT2D eigenvalue weighted by molar-refractivity contribution is -0.167. The van der Waals surface area contributed by atoms with Gasteiger partial charge in [-0.05, 0) is 96.3 Å². The van der Waals surface area contributed by atoms with Crippen LogP contribution in [0, 0.1) is 0 Å². The predicted octanol–water partition coefficient (Wildman–Crippen LogP) is 15.7. The minimum Gasteiger partial charge on any atom is -0.462 e. The van der Waals surface area contributed by atoms with Crippen LogP contribution in [-0.4, -0.2) is 37.2 Å². The second-order valence-electron chi connectivity index (χ2n) is 15.4. The van der Waals surface area contributed by atoms with Crippen molar-refractivity contribution in [2.45, 2.75) is 194 Å². The zero-order chi connectivity index (χ0) is 44.4. The highest BCUT2D eigenvalue weighted by Crippen LogP contribution is 2.12. The Bertz CT molecular complexity index is 1340. The first kappa shape index (κ1) is 56.8. The number of rotatable bonds is 41. The minimum absolute atomic E-state index is 0.110. The van der Waals surface area contributed by atoms with Gasteiger partial charge in [-0.15, -0.1) is 0 Å². The van der Waals surface area contributed by atoms with Crippen LogP contribution in [0.5, 0.6) is 0 Å². The number of esters is 3. The second-order valence-corrected chi connectivity index (χ2v) is 15.4. The summed E-state index contributed by atoms with van der Waals surface area (Å²) in [6.07, 6.45) is 66.0. The van der Waals surface area contributed by atoms with Crippen molar-refractivity contribution < 1.29 is 28.6 Å². The standard InChI is InChI=1S/C55H86O6/c1-4-7-10-13-16-19-22-25-27-28-29-31-33-36-39-42-45-48-54(57)60-51-52(50-59-53(56)47-44-41-38-35-32-24-21-18-15-12-9-6-3)61-55(58)49-46-43-40-37-34-30-26-23-20-17-14-11-8-5-2/h7-8,10-11,13,16-22,25-31,33,52H,4-6,9,12,14-15,23-24,32,34-51H2,1-3H3/b10-7-,11-8-,16-13-,20-17-,21-18-,22-19-,27-25-,29-28+,30-26-,33-31-. The van der Waals surface area contributed by atoms with E-state index >= 15 is 0 Å². The molecule has 6 nitrogen and oxygen atoms in total. The molecule has 0 rings (SSSR count). The van der Waals surface area contributed by atoms with Crippen molar-refractivity contribution in [3.8, 4) is 0 Å². The van der Waals surface area contributed by atoms with E-state index < -0.39 is 6.10 Å². The number of allylic oxidation sites excluding steroid dienone is 20. The van der Waals surface area contributed by atoms with Crippen LogP contribution in [0.25, 0.3) is 0 Å². The summed E-state index contributed by atoms with van der Waals surface area (Å²) in [5.74, 6) is -0.998. The maximum absolute atomic E-state index is 12.8. The lowest BCUT2D eigenvalue weighted by Crippen LogP contribution is -2.30. The molecule has 342 valence electrons. The van der Waals surface area contributed by atoms with Gasteiger partial charge in [-0.2, -0.15) is 0 Å². The average Bonchev–Trinajstić information content (AvgIpc) is 3.26. The summed E-state index contributed by atoms with van der Waals surface area (Å²) in [4.78, 5) is 37.9. The molecule has 0 saturated carbocycles. The lowest BCUT2D eigenvalue weighted by atomic mass is 10.1. The first-order valence-corrected chi connectivity index (χ1v) is 24.1. The number of ether oxygens (including phenoxy) is 3. The zero-order valence-corrected chi connectivity index (χ0v) is 38.9. The van der Waals surface area contributed by atoms with E-state index in [0.29, 0.717) is 12.8 Å². The Hall–Kier alpha value is -4.19. The molecule has 0 N–H and O–H groups in total. The normalized spacial score (nSPS) is 13.2. The SMILES string of the molecule is CC\C=C/C=C\C=C/C=C\C=C\C=C/CCCCCC(=O)OCC(COC(=O)CCCCCCC/C=C\CCCCC)OC(=O)CCCCCC/C=C\C/C=C\C/C=C\CC. The molecule has 0 aromatic carbocycles. The molecule has 1 atom stereocenters. The van der Waals surface area contributed by atoms with Crippen LogP contribution >= 0.6 is 0 Å². The number of unbranched alkanes of at least 4 members (excludes halogenated alkanes) is 15. The van der Waals surface area contributed by atoms with Gasteiger partial charge in [0.2, 0.25) is 0 Å². The van der Waals surface area contributed by atoms with Gasteiger partial charge in [0.05, 0.1) is 0 Å². The summed E-state index contributed by atoms with van der Waals surface area (Å²) in [5.41, 5.74) is 0. The largest absolute Gasteiger partial charge is 0.462 e. The summed E-state index contributed by atoms with van der Waals surface area (Å²) < 4.78 is 16.7. The molecular formula is C55H86O6. The molecule has 0 aliphatic carbocycles. The van der Waals surface area contributed by atoms with Gasteiger partial charge in [0.15, 0.2) is 6.10 Å². The van der Waals surface area contributed by atoms with E-state index in [1.807, 2.05) is 60.8 Å². The Morgan fingerprint density at radius 2 is 0.721 bits per heavy atom. The van der Waals surface area contributed by atoms with Crippen molar-refractivity contribution >= 4 is 17.9 Å². The Morgan fingerprint density at radius 1 is 0.361 bits per heavy atom. The highest BCUT2D eigenvalue weighted by atomic mass is 16.6. The van der Waals surface area contributed by atoms with Crippen molar-refractivity contribution in [1.29, 1.82) is 0 Å². The molecule has 0 aliphatic rings. The number of carbonyl (C=O) groups excluding carboxylic acids is 3. The van der Waals surface area contributed by atoms with E-state index in [4.69, 9.17) is 14.2 Å². The van der Waals surface area contributed by atoms with Gasteiger partial charge in [0.25, 0.3) is 0 Å². The fourth-order valence-corrected chi connectivity index (χ4v) is 6.01. The Labute approximate surface area is 373 Å². The van der Waals surface area contributed by atoms with E-state index in [1.165, 1.54) is 32.1 Å². The summed E-state index contributed by atoms with van der Waals surface area (Å²) in [7, 11) is 0. The highest BCUT2D eigenvalue weighted by molar-refractivity contribution is 5.71. The van der Waals surface area contributed by atoms with E-state index in [2.05, 4.69) is 81.5 Å². The molecule has 0 radical (unpaired) electrons. The fourth-order valence-electron chi connectivity index (χ4n) is 6.01. The van der Waals surface area contributed by atoms with Crippen LogP contribution < -0.4 is 0 Å². The van der Waals surface area contributed by atoms with Gasteiger partial charge >= 0.3 is 17.9 Å². The van der Waals surface area contributed by atoms with Crippen LogP contribution in [0.1, 0.15) is 188 Å². The topological polar surface area (TPSA) is 78.9 Å². The van der Waals surface area contributed by atoms with E-state index in [0.717, 1.165) is 116 Å². The van der Waals surface area contributed by atoms with Gasteiger partial charge in [0.1, 0.15) is 13.2 Å². The second kappa shape index (κ2) is 48.5. The first-order valence-electron chi connectivity index (χ1n) is 24.1. The summed E-state index contributed by atoms with van der Waals surface area (Å²) in [5, 5.41) is 0. The molecule has 0 bridgehead atoms. The van der Waals surface area contributed by atoms with Crippen molar-refractivity contribution in [3.05, 3.63) is 122 Å². The third-order valence-corrected chi connectivity index (χ3v) is 9.59. The fraction of sp³-hybridized carbons (Fsp3) is 0.582. The number of carbonyl (C=O) groups is 3. The molecule has 0 spiro atoms. The molecule has 61 heavy (non-hydrogen) atoms. The van der Waals surface area contributed by atoms with Gasteiger partial charge in [-0.1, -0.05) is 194 Å². The molecule has 0 heterocycles. The molecular weight excluding hydrogens is 757 g/mol. The highest BCUT2D eigenvalue weighted by Gasteiger charge is 2.19. The van der Waals surface area contributed by atoms with Crippen molar-refractivity contribution in [2.24, 2.45) is 0 Å². The number of hydrogen-bond acceptors (Lipinski definition) is 6. The smallest absolute Gasteiger partial charge is 0.306 e. The quantitative estimate of drug-likeness (QED) is 0.0201. The molecule has 6 heteroatoms. The van der Waals surface area contributed by atoms with Crippen LogP contribution in [0.15, 0.2) is 122 Å². The average molecular weight is 843 g/mol. The summed E-state index contributed by atoms with van der Waals surface area (Å²) in [6, 6.07) is 0. The van der Waals surface area contributed by atoms with E-state index in [1.54, 1.807) is 0 Å². The third-order valence-electron chi connectivity index (χ3n) is 9.59. The molecule has 0 aromatic heterocycles. The molecule has 0 fully saturated rings. The van der Waals surface area contributed by atoms with E-state index in [-0.39, 0.29) is 37.5 Å². The third kappa shape index (κ3) is 46.7. The minimum atomic E-state index is -0.814. The lowest BCUT2D eigenvalue weighted by Gasteiger charge is -2.18. The zero-order valence-electron chi connectivity index (χ0n) is 38.9. The molecule has 0 amide bonds. The van der Waals surface area contributed by atoms with Crippen molar-refractivity contribution in [2.75, 3.05) is 13.2 Å². The monoisotopic (exact) mass is 843 g/mol. The van der Waals surface area contributed by atoms with Gasteiger partial charge in [-0.25, -0.2) is 0 Å². The maximum Gasteiger partial charge on any atom is 0.306 e. The van der Waals surface area contributed by atoms with Crippen LogP contribution in [0.2, 0.25) is 0 Å². The Morgan fingerprint density at radius 3 is 1.23 bits per heavy atom. The van der Waals surface area contributed by atoms with Crippen LogP contribution in [0.4, 0.5) is 0 Å². The molecule has 1 unspecified atom stereocenters. The summed E-state index contributed by atoms with van der Waals surface area (Å²) >= 11 is 0. The maximum atomic E-state index is 12.8. The number of hydrogen-bond donors (Lipinski definition) is 0. The Kier molecular flexibility index (Phi) is 45.1. The van der Waals surface area contributed by atoms with Crippen LogP contribution in [0.3, 0.4) is 0 Å². The van der Waals surface area contributed by atoms with Gasteiger partial charge in [0, 0.05) is 19.3 Å². The van der Waals surface area contributed by atoms with Gasteiger partial charge < -0.3 is 14.2 Å². The molecule has 0 aromatic rings. The summed E-state index contributed by atoms with van der Waals surface area (Å²) in [6.45, 7) is 6.26.